The lowest BCUT2D eigenvalue weighted by Crippen LogP contribution is -2.39. The van der Waals surface area contributed by atoms with E-state index in [2.05, 4.69) is 19.2 Å². The van der Waals surface area contributed by atoms with E-state index in [4.69, 9.17) is 9.47 Å². The summed E-state index contributed by atoms with van der Waals surface area (Å²) in [5.74, 6) is 1.03. The van der Waals surface area contributed by atoms with Crippen molar-refractivity contribution in [1.29, 1.82) is 0 Å². The van der Waals surface area contributed by atoms with E-state index in [1.54, 1.807) is 0 Å². The largest absolute Gasteiger partial charge is 0.378 e. The summed E-state index contributed by atoms with van der Waals surface area (Å²) in [6.45, 7) is 6.61. The summed E-state index contributed by atoms with van der Waals surface area (Å²) in [6, 6.07) is 0. The summed E-state index contributed by atoms with van der Waals surface area (Å²) >= 11 is 0. The number of amides is 1. The van der Waals surface area contributed by atoms with Crippen molar-refractivity contribution in [1.82, 2.24) is 5.32 Å². The van der Waals surface area contributed by atoms with Crippen molar-refractivity contribution >= 4 is 5.91 Å². The van der Waals surface area contributed by atoms with Crippen molar-refractivity contribution in [3.8, 4) is 0 Å². The van der Waals surface area contributed by atoms with E-state index in [1.807, 2.05) is 0 Å². The molecular weight excluding hydrogens is 218 g/mol. The van der Waals surface area contributed by atoms with Gasteiger partial charge in [-0.2, -0.15) is 0 Å². The molecule has 2 heterocycles. The zero-order valence-corrected chi connectivity index (χ0v) is 10.8. The Morgan fingerprint density at radius 1 is 1.29 bits per heavy atom. The SMILES string of the molecule is CC(C)[C@H]1OCC[C@@H]1CNC(=O)[C@@H]1CCCO1. The second-order valence-corrected chi connectivity index (χ2v) is 5.37. The van der Waals surface area contributed by atoms with Crippen LogP contribution < -0.4 is 5.32 Å². The summed E-state index contributed by atoms with van der Waals surface area (Å²) in [5.41, 5.74) is 0. The molecule has 0 aromatic rings. The summed E-state index contributed by atoms with van der Waals surface area (Å²) in [5, 5.41) is 3.01. The molecule has 0 bridgehead atoms. The first-order valence-electron chi connectivity index (χ1n) is 6.69. The molecule has 2 fully saturated rings. The lowest BCUT2D eigenvalue weighted by molar-refractivity contribution is -0.130. The van der Waals surface area contributed by atoms with Gasteiger partial charge in [0.15, 0.2) is 0 Å². The maximum atomic E-state index is 11.8. The van der Waals surface area contributed by atoms with E-state index in [0.29, 0.717) is 17.9 Å². The molecule has 2 aliphatic heterocycles. The summed E-state index contributed by atoms with van der Waals surface area (Å²) < 4.78 is 11.1. The monoisotopic (exact) mass is 241 g/mol. The number of hydrogen-bond donors (Lipinski definition) is 1. The first-order valence-corrected chi connectivity index (χ1v) is 6.69. The number of rotatable bonds is 4. The molecule has 0 radical (unpaired) electrons. The summed E-state index contributed by atoms with van der Waals surface area (Å²) in [7, 11) is 0. The molecule has 0 aromatic carbocycles. The van der Waals surface area contributed by atoms with Gasteiger partial charge in [0, 0.05) is 25.7 Å². The summed E-state index contributed by atoms with van der Waals surface area (Å²) in [6.07, 6.45) is 2.99. The maximum Gasteiger partial charge on any atom is 0.249 e. The van der Waals surface area contributed by atoms with Crippen LogP contribution in [0, 0.1) is 11.8 Å². The molecule has 1 amide bonds. The molecule has 0 aliphatic carbocycles. The Kier molecular flexibility index (Phi) is 4.40. The Balaban J connectivity index is 1.75. The smallest absolute Gasteiger partial charge is 0.249 e. The molecule has 0 unspecified atom stereocenters. The van der Waals surface area contributed by atoms with Gasteiger partial charge in [-0.15, -0.1) is 0 Å². The third-order valence-electron chi connectivity index (χ3n) is 3.68. The van der Waals surface area contributed by atoms with Crippen LogP contribution in [-0.2, 0) is 14.3 Å². The van der Waals surface area contributed by atoms with Crippen LogP contribution in [0.3, 0.4) is 0 Å². The van der Waals surface area contributed by atoms with Crippen molar-refractivity contribution in [2.75, 3.05) is 19.8 Å². The van der Waals surface area contributed by atoms with Gasteiger partial charge in [-0.25, -0.2) is 0 Å². The van der Waals surface area contributed by atoms with E-state index in [1.165, 1.54) is 0 Å². The minimum absolute atomic E-state index is 0.0527. The molecule has 2 saturated heterocycles. The topological polar surface area (TPSA) is 47.6 Å². The van der Waals surface area contributed by atoms with Crippen LogP contribution in [0.15, 0.2) is 0 Å². The highest BCUT2D eigenvalue weighted by Gasteiger charge is 2.32. The number of nitrogens with one attached hydrogen (secondary N) is 1. The van der Waals surface area contributed by atoms with Gasteiger partial charge in [0.05, 0.1) is 6.10 Å². The van der Waals surface area contributed by atoms with Crippen LogP contribution in [0.1, 0.15) is 33.1 Å². The Bertz CT molecular complexity index is 261. The van der Waals surface area contributed by atoms with Crippen LogP contribution in [0.2, 0.25) is 0 Å². The van der Waals surface area contributed by atoms with Crippen LogP contribution >= 0.6 is 0 Å². The van der Waals surface area contributed by atoms with Crippen LogP contribution in [0.25, 0.3) is 0 Å². The van der Waals surface area contributed by atoms with Crippen LogP contribution in [0.5, 0.6) is 0 Å². The molecule has 17 heavy (non-hydrogen) atoms. The normalized spacial score (nSPS) is 33.2. The van der Waals surface area contributed by atoms with Gasteiger partial charge in [-0.05, 0) is 25.2 Å². The van der Waals surface area contributed by atoms with E-state index in [-0.39, 0.29) is 12.0 Å². The molecule has 1 N–H and O–H groups in total. The summed E-state index contributed by atoms with van der Waals surface area (Å²) in [4.78, 5) is 11.8. The Hall–Kier alpha value is -0.610. The maximum absolute atomic E-state index is 11.8. The standard InChI is InChI=1S/C13H23NO3/c1-9(2)12-10(5-7-17-12)8-14-13(15)11-4-3-6-16-11/h9-12H,3-8H2,1-2H3,(H,14,15)/t10-,11+,12-/m1/s1. The molecule has 0 saturated carbocycles. The van der Waals surface area contributed by atoms with Gasteiger partial charge in [0.1, 0.15) is 6.10 Å². The van der Waals surface area contributed by atoms with Crippen molar-refractivity contribution in [2.45, 2.75) is 45.3 Å². The van der Waals surface area contributed by atoms with E-state index in [0.717, 1.165) is 39.0 Å². The number of carbonyl (C=O) groups excluding carboxylic acids is 1. The first kappa shape index (κ1) is 12.8. The molecule has 2 rings (SSSR count). The third kappa shape index (κ3) is 3.19. The van der Waals surface area contributed by atoms with E-state index in [9.17, 15) is 4.79 Å². The number of hydrogen-bond acceptors (Lipinski definition) is 3. The molecule has 98 valence electrons. The average Bonchev–Trinajstić information content (AvgIpc) is 2.96. The Morgan fingerprint density at radius 3 is 2.76 bits per heavy atom. The lowest BCUT2D eigenvalue weighted by Gasteiger charge is -2.22. The second-order valence-electron chi connectivity index (χ2n) is 5.37. The van der Waals surface area contributed by atoms with Gasteiger partial charge in [0.25, 0.3) is 0 Å². The molecular formula is C13H23NO3. The van der Waals surface area contributed by atoms with E-state index >= 15 is 0 Å². The molecule has 0 aromatic heterocycles. The van der Waals surface area contributed by atoms with Crippen molar-refractivity contribution in [2.24, 2.45) is 11.8 Å². The molecule has 0 spiro atoms. The fourth-order valence-electron chi connectivity index (χ4n) is 2.74. The van der Waals surface area contributed by atoms with Crippen molar-refractivity contribution in [3.05, 3.63) is 0 Å². The molecule has 2 aliphatic rings. The number of carbonyl (C=O) groups is 1. The van der Waals surface area contributed by atoms with Crippen LogP contribution in [-0.4, -0.2) is 37.9 Å². The fraction of sp³-hybridized carbons (Fsp3) is 0.923. The highest BCUT2D eigenvalue weighted by atomic mass is 16.5. The predicted molar refractivity (Wildman–Crippen MR) is 64.7 cm³/mol. The Morgan fingerprint density at radius 2 is 2.12 bits per heavy atom. The zero-order valence-electron chi connectivity index (χ0n) is 10.8. The van der Waals surface area contributed by atoms with Gasteiger partial charge in [-0.3, -0.25) is 4.79 Å². The van der Waals surface area contributed by atoms with Gasteiger partial charge in [0.2, 0.25) is 5.91 Å². The predicted octanol–water partition coefficient (Wildman–Crippen LogP) is 1.34. The fourth-order valence-corrected chi connectivity index (χ4v) is 2.74. The van der Waals surface area contributed by atoms with E-state index < -0.39 is 0 Å². The molecule has 4 heteroatoms. The number of ether oxygens (including phenoxy) is 2. The third-order valence-corrected chi connectivity index (χ3v) is 3.68. The van der Waals surface area contributed by atoms with Gasteiger partial charge < -0.3 is 14.8 Å². The van der Waals surface area contributed by atoms with Gasteiger partial charge in [-0.1, -0.05) is 13.8 Å². The van der Waals surface area contributed by atoms with Crippen LogP contribution in [0.4, 0.5) is 0 Å². The quantitative estimate of drug-likeness (QED) is 0.808. The van der Waals surface area contributed by atoms with Gasteiger partial charge >= 0.3 is 0 Å². The second kappa shape index (κ2) is 5.83. The zero-order chi connectivity index (χ0) is 12.3. The minimum Gasteiger partial charge on any atom is -0.378 e. The first-order chi connectivity index (χ1) is 8.18. The van der Waals surface area contributed by atoms with Crippen molar-refractivity contribution < 1.29 is 14.3 Å². The minimum atomic E-state index is -0.213. The highest BCUT2D eigenvalue weighted by Crippen LogP contribution is 2.26. The molecule has 3 atom stereocenters. The average molecular weight is 241 g/mol. The highest BCUT2D eigenvalue weighted by molar-refractivity contribution is 5.80. The lowest BCUT2D eigenvalue weighted by atomic mass is 9.93. The Labute approximate surface area is 103 Å². The van der Waals surface area contributed by atoms with Crippen molar-refractivity contribution in [3.63, 3.8) is 0 Å². The molecule has 4 nitrogen and oxygen atoms in total.